The molecule has 0 atom stereocenters. The van der Waals surface area contributed by atoms with Gasteiger partial charge in [0.25, 0.3) is 0 Å². The summed E-state index contributed by atoms with van der Waals surface area (Å²) in [5.74, 6) is 0.252. The third kappa shape index (κ3) is 3.27. The Hall–Kier alpha value is -1.83. The minimum absolute atomic E-state index is 0.252. The molecule has 0 spiro atoms. The number of aldehydes is 1. The van der Waals surface area contributed by atoms with E-state index in [2.05, 4.69) is 0 Å². The second-order valence-corrected chi connectivity index (χ2v) is 2.97. The van der Waals surface area contributed by atoms with Crippen molar-refractivity contribution in [3.8, 4) is 5.75 Å². The lowest BCUT2D eigenvalue weighted by atomic mass is 10.1. The average Bonchev–Trinajstić information content (AvgIpc) is 2.17. The molecule has 0 unspecified atom stereocenters. The van der Waals surface area contributed by atoms with E-state index in [4.69, 9.17) is 5.11 Å². The quantitative estimate of drug-likeness (QED) is 0.449. The topological polar surface area (TPSA) is 37.3 Å². The Kier molecular flexibility index (Phi) is 3.68. The molecule has 0 aliphatic heterocycles. The first-order chi connectivity index (χ1) is 6.72. The summed E-state index contributed by atoms with van der Waals surface area (Å²) < 4.78 is 0. The molecule has 72 valence electrons. The highest BCUT2D eigenvalue weighted by Crippen LogP contribution is 2.11. The van der Waals surface area contributed by atoms with Crippen LogP contribution in [0.15, 0.2) is 42.0 Å². The van der Waals surface area contributed by atoms with Crippen molar-refractivity contribution in [3.63, 3.8) is 0 Å². The predicted molar refractivity (Wildman–Crippen MR) is 57.0 cm³/mol. The zero-order valence-corrected chi connectivity index (χ0v) is 7.97. The van der Waals surface area contributed by atoms with Crippen LogP contribution in [-0.4, -0.2) is 11.4 Å². The standard InChI is InChI=1S/C12H12O2/c1-10(8-9-13)2-3-11-4-6-12(14)7-5-11/h2-9,14H,1H3/b3-2+,10-8+. The summed E-state index contributed by atoms with van der Waals surface area (Å²) in [7, 11) is 0. The smallest absolute Gasteiger partial charge is 0.143 e. The minimum atomic E-state index is 0.252. The van der Waals surface area contributed by atoms with Crippen molar-refractivity contribution in [3.05, 3.63) is 47.6 Å². The van der Waals surface area contributed by atoms with Crippen LogP contribution in [0, 0.1) is 0 Å². The molecule has 0 bridgehead atoms. The first-order valence-corrected chi connectivity index (χ1v) is 4.31. The maximum absolute atomic E-state index is 10.1. The third-order valence-corrected chi connectivity index (χ3v) is 1.76. The Morgan fingerprint density at radius 1 is 1.29 bits per heavy atom. The van der Waals surface area contributed by atoms with Gasteiger partial charge in [0.15, 0.2) is 0 Å². The van der Waals surface area contributed by atoms with Crippen molar-refractivity contribution in [2.24, 2.45) is 0 Å². The first-order valence-electron chi connectivity index (χ1n) is 4.31. The molecule has 0 aliphatic carbocycles. The van der Waals surface area contributed by atoms with E-state index >= 15 is 0 Å². The second kappa shape index (κ2) is 5.02. The maximum Gasteiger partial charge on any atom is 0.143 e. The van der Waals surface area contributed by atoms with E-state index < -0.39 is 0 Å². The van der Waals surface area contributed by atoms with Gasteiger partial charge in [-0.05, 0) is 36.3 Å². The Bertz CT molecular complexity index is 358. The summed E-state index contributed by atoms with van der Waals surface area (Å²) >= 11 is 0. The number of carbonyl (C=O) groups excluding carboxylic acids is 1. The lowest BCUT2D eigenvalue weighted by Gasteiger charge is -1.93. The lowest BCUT2D eigenvalue weighted by molar-refractivity contribution is -0.104. The number of rotatable bonds is 3. The van der Waals surface area contributed by atoms with Crippen molar-refractivity contribution in [1.29, 1.82) is 0 Å². The molecule has 0 aromatic heterocycles. The molecule has 1 aromatic rings. The minimum Gasteiger partial charge on any atom is -0.508 e. The van der Waals surface area contributed by atoms with Gasteiger partial charge in [0.2, 0.25) is 0 Å². The number of phenolic OH excluding ortho intramolecular Hbond substituents is 1. The second-order valence-electron chi connectivity index (χ2n) is 2.97. The molecule has 0 heterocycles. The molecule has 1 N–H and O–H groups in total. The van der Waals surface area contributed by atoms with Crippen LogP contribution in [0.5, 0.6) is 5.75 Å². The number of hydrogen-bond acceptors (Lipinski definition) is 2. The van der Waals surface area contributed by atoms with Crippen LogP contribution < -0.4 is 0 Å². The van der Waals surface area contributed by atoms with Gasteiger partial charge in [0, 0.05) is 0 Å². The van der Waals surface area contributed by atoms with Crippen LogP contribution in [-0.2, 0) is 4.79 Å². The number of hydrogen-bond donors (Lipinski definition) is 1. The number of benzene rings is 1. The SMILES string of the molecule is CC(/C=C/c1ccc(O)cc1)=C\C=O. The number of allylic oxidation sites excluding steroid dienone is 3. The largest absolute Gasteiger partial charge is 0.508 e. The maximum atomic E-state index is 10.1. The first kappa shape index (κ1) is 10.3. The van der Waals surface area contributed by atoms with Crippen molar-refractivity contribution >= 4 is 12.4 Å². The van der Waals surface area contributed by atoms with Crippen LogP contribution in [0.2, 0.25) is 0 Å². The Morgan fingerprint density at radius 3 is 2.50 bits per heavy atom. The Morgan fingerprint density at radius 2 is 1.93 bits per heavy atom. The molecule has 0 saturated carbocycles. The Balaban J connectivity index is 2.73. The Labute approximate surface area is 83.2 Å². The summed E-state index contributed by atoms with van der Waals surface area (Å²) in [6, 6.07) is 6.86. The highest BCUT2D eigenvalue weighted by atomic mass is 16.3. The lowest BCUT2D eigenvalue weighted by Crippen LogP contribution is -1.72. The normalized spacial score (nSPS) is 11.9. The molecule has 0 radical (unpaired) electrons. The molecular formula is C12H12O2. The molecule has 1 rings (SSSR count). The van der Waals surface area contributed by atoms with Gasteiger partial charge >= 0.3 is 0 Å². The van der Waals surface area contributed by atoms with Gasteiger partial charge in [0.1, 0.15) is 12.0 Å². The molecule has 0 fully saturated rings. The van der Waals surface area contributed by atoms with E-state index in [0.717, 1.165) is 17.4 Å². The van der Waals surface area contributed by atoms with Crippen LogP contribution in [0.4, 0.5) is 0 Å². The van der Waals surface area contributed by atoms with Gasteiger partial charge < -0.3 is 5.11 Å². The summed E-state index contributed by atoms with van der Waals surface area (Å²) in [6.07, 6.45) is 5.99. The van der Waals surface area contributed by atoms with Gasteiger partial charge in [0.05, 0.1) is 0 Å². The molecule has 0 amide bonds. The fraction of sp³-hybridized carbons (Fsp3) is 0.0833. The number of phenols is 1. The van der Waals surface area contributed by atoms with E-state index in [0.29, 0.717) is 0 Å². The molecule has 0 aliphatic rings. The summed E-state index contributed by atoms with van der Waals surface area (Å²) in [5.41, 5.74) is 1.88. The summed E-state index contributed by atoms with van der Waals surface area (Å²) in [5, 5.41) is 9.04. The van der Waals surface area contributed by atoms with Gasteiger partial charge in [-0.25, -0.2) is 0 Å². The summed E-state index contributed by atoms with van der Waals surface area (Å²) in [6.45, 7) is 1.85. The van der Waals surface area contributed by atoms with Crippen LogP contribution in [0.3, 0.4) is 0 Å². The molecular weight excluding hydrogens is 176 g/mol. The highest BCUT2D eigenvalue weighted by molar-refractivity contribution is 5.68. The molecule has 2 heteroatoms. The van der Waals surface area contributed by atoms with Crippen molar-refractivity contribution in [2.75, 3.05) is 0 Å². The molecule has 14 heavy (non-hydrogen) atoms. The fourth-order valence-electron chi connectivity index (χ4n) is 0.976. The number of carbonyl (C=O) groups is 1. The molecule has 0 saturated heterocycles. The number of aromatic hydroxyl groups is 1. The molecule has 2 nitrogen and oxygen atoms in total. The fourth-order valence-corrected chi connectivity index (χ4v) is 0.976. The van der Waals surface area contributed by atoms with Crippen molar-refractivity contribution in [2.45, 2.75) is 6.92 Å². The molecule has 1 aromatic carbocycles. The van der Waals surface area contributed by atoms with E-state index in [1.54, 1.807) is 24.3 Å². The average molecular weight is 188 g/mol. The van der Waals surface area contributed by atoms with E-state index in [1.165, 1.54) is 6.08 Å². The summed E-state index contributed by atoms with van der Waals surface area (Å²) in [4.78, 5) is 10.1. The zero-order chi connectivity index (χ0) is 10.4. The van der Waals surface area contributed by atoms with E-state index in [9.17, 15) is 4.79 Å². The monoisotopic (exact) mass is 188 g/mol. The van der Waals surface area contributed by atoms with Gasteiger partial charge in [-0.3, -0.25) is 4.79 Å². The van der Waals surface area contributed by atoms with Crippen molar-refractivity contribution < 1.29 is 9.90 Å². The van der Waals surface area contributed by atoms with Crippen LogP contribution >= 0.6 is 0 Å². The van der Waals surface area contributed by atoms with Crippen molar-refractivity contribution in [1.82, 2.24) is 0 Å². The zero-order valence-electron chi connectivity index (χ0n) is 7.97. The van der Waals surface area contributed by atoms with Gasteiger partial charge in [-0.1, -0.05) is 24.3 Å². The third-order valence-electron chi connectivity index (χ3n) is 1.76. The highest BCUT2D eigenvalue weighted by Gasteiger charge is 1.87. The van der Waals surface area contributed by atoms with Crippen LogP contribution in [0.25, 0.3) is 6.08 Å². The van der Waals surface area contributed by atoms with Crippen LogP contribution in [0.1, 0.15) is 12.5 Å². The van der Waals surface area contributed by atoms with E-state index in [-0.39, 0.29) is 5.75 Å². The predicted octanol–water partition coefficient (Wildman–Crippen LogP) is 2.55. The van der Waals surface area contributed by atoms with Gasteiger partial charge in [-0.2, -0.15) is 0 Å². The van der Waals surface area contributed by atoms with E-state index in [1.807, 2.05) is 19.1 Å². The van der Waals surface area contributed by atoms with Gasteiger partial charge in [-0.15, -0.1) is 0 Å².